The molecule has 1 heterocycles. The average molecular weight is 286 g/mol. The Bertz CT molecular complexity index is 439. The molecule has 7 heteroatoms. The molecule has 0 aliphatic heterocycles. The molecule has 0 aliphatic rings. The molecule has 1 aromatic rings. The molecule has 0 saturated carbocycles. The Labute approximate surface area is 118 Å². The van der Waals surface area contributed by atoms with Gasteiger partial charge < -0.3 is 14.6 Å². The van der Waals surface area contributed by atoms with Crippen molar-refractivity contribution < 1.29 is 9.53 Å². The number of amides is 1. The molecule has 1 amide bonds. The number of ether oxygens (including phenoxy) is 1. The van der Waals surface area contributed by atoms with E-state index in [1.54, 1.807) is 0 Å². The van der Waals surface area contributed by atoms with Crippen molar-refractivity contribution >= 4 is 17.9 Å². The van der Waals surface area contributed by atoms with Crippen LogP contribution in [-0.4, -0.2) is 32.7 Å². The lowest BCUT2D eigenvalue weighted by Gasteiger charge is -2.21. The molecule has 0 radical (unpaired) electrons. The summed E-state index contributed by atoms with van der Waals surface area (Å²) in [6, 6.07) is -0.247. The molecule has 108 valence electrons. The van der Waals surface area contributed by atoms with Crippen molar-refractivity contribution in [3.05, 3.63) is 5.82 Å². The normalized spacial score (nSPS) is 13.2. The minimum Gasteiger partial charge on any atom is -0.444 e. The lowest BCUT2D eigenvalue weighted by Crippen LogP contribution is -2.35. The first-order valence-corrected chi connectivity index (χ1v) is 7.47. The summed E-state index contributed by atoms with van der Waals surface area (Å²) in [7, 11) is 0. The van der Waals surface area contributed by atoms with Crippen LogP contribution >= 0.6 is 11.8 Å². The van der Waals surface area contributed by atoms with Crippen LogP contribution in [0, 0.1) is 0 Å². The monoisotopic (exact) mass is 286 g/mol. The van der Waals surface area contributed by atoms with Crippen LogP contribution in [0.25, 0.3) is 0 Å². The molecule has 0 spiro atoms. The van der Waals surface area contributed by atoms with Crippen LogP contribution in [0.1, 0.15) is 46.5 Å². The summed E-state index contributed by atoms with van der Waals surface area (Å²) in [6.45, 7) is 10.1. The Balaban J connectivity index is 2.76. The Kier molecular flexibility index (Phi) is 5.22. The van der Waals surface area contributed by atoms with Crippen molar-refractivity contribution in [2.24, 2.45) is 0 Å². The van der Waals surface area contributed by atoms with E-state index in [1.807, 2.05) is 45.4 Å². The molecule has 19 heavy (non-hydrogen) atoms. The van der Waals surface area contributed by atoms with Crippen molar-refractivity contribution in [1.82, 2.24) is 20.1 Å². The number of rotatable bonds is 4. The second-order valence-electron chi connectivity index (χ2n) is 5.16. The molecule has 0 bridgehead atoms. The second kappa shape index (κ2) is 6.27. The highest BCUT2D eigenvalue weighted by Crippen LogP contribution is 2.18. The zero-order valence-corrected chi connectivity index (χ0v) is 13.2. The van der Waals surface area contributed by atoms with Crippen molar-refractivity contribution in [2.75, 3.05) is 6.26 Å². The number of hydrogen-bond donors (Lipinski definition) is 1. The SMILES string of the molecule is CCn1c(SC)nnc1C(C)NC(=O)OC(C)(C)C. The van der Waals surface area contributed by atoms with Gasteiger partial charge in [-0.1, -0.05) is 11.8 Å². The molecule has 0 saturated heterocycles. The van der Waals surface area contributed by atoms with Crippen molar-refractivity contribution in [3.8, 4) is 0 Å². The lowest BCUT2D eigenvalue weighted by atomic mass is 10.2. The summed E-state index contributed by atoms with van der Waals surface area (Å²) in [5.74, 6) is 0.734. The third kappa shape index (κ3) is 4.41. The minimum atomic E-state index is -0.507. The first kappa shape index (κ1) is 15.8. The highest BCUT2D eigenvalue weighted by Gasteiger charge is 2.21. The standard InChI is InChI=1S/C12H22N4O2S/c1-7-16-9(14-15-10(16)19-6)8(2)13-11(17)18-12(3,4)5/h8H,7H2,1-6H3,(H,13,17). The third-order valence-electron chi connectivity index (χ3n) is 2.36. The summed E-state index contributed by atoms with van der Waals surface area (Å²) in [4.78, 5) is 11.7. The number of alkyl carbamates (subject to hydrolysis) is 1. The minimum absolute atomic E-state index is 0.247. The van der Waals surface area contributed by atoms with E-state index < -0.39 is 11.7 Å². The summed E-state index contributed by atoms with van der Waals surface area (Å²) in [5, 5.41) is 11.8. The maximum absolute atomic E-state index is 11.7. The fourth-order valence-electron chi connectivity index (χ4n) is 1.62. The Morgan fingerprint density at radius 3 is 2.58 bits per heavy atom. The van der Waals surface area contributed by atoms with Gasteiger partial charge in [-0.05, 0) is 40.9 Å². The molecule has 1 atom stereocenters. The van der Waals surface area contributed by atoms with E-state index in [-0.39, 0.29) is 6.04 Å². The molecule has 0 aromatic carbocycles. The van der Waals surface area contributed by atoms with Gasteiger partial charge in [0, 0.05) is 6.54 Å². The molecular weight excluding hydrogens is 264 g/mol. The Hall–Kier alpha value is -1.24. The number of hydrogen-bond acceptors (Lipinski definition) is 5. The van der Waals surface area contributed by atoms with Crippen LogP contribution in [0.5, 0.6) is 0 Å². The van der Waals surface area contributed by atoms with Crippen molar-refractivity contribution in [2.45, 2.75) is 58.0 Å². The number of nitrogens with zero attached hydrogens (tertiary/aromatic N) is 3. The van der Waals surface area contributed by atoms with Crippen LogP contribution < -0.4 is 5.32 Å². The maximum atomic E-state index is 11.7. The second-order valence-corrected chi connectivity index (χ2v) is 5.93. The van der Waals surface area contributed by atoms with Crippen LogP contribution in [0.3, 0.4) is 0 Å². The molecule has 6 nitrogen and oxygen atoms in total. The lowest BCUT2D eigenvalue weighted by molar-refractivity contribution is 0.0505. The van der Waals surface area contributed by atoms with Gasteiger partial charge in [-0.15, -0.1) is 10.2 Å². The first-order valence-electron chi connectivity index (χ1n) is 6.25. The van der Waals surface area contributed by atoms with Gasteiger partial charge in [-0.2, -0.15) is 0 Å². The number of aromatic nitrogens is 3. The molecular formula is C12H22N4O2S. The van der Waals surface area contributed by atoms with Gasteiger partial charge >= 0.3 is 6.09 Å². The van der Waals surface area contributed by atoms with Gasteiger partial charge in [0.2, 0.25) is 0 Å². The molecule has 1 rings (SSSR count). The van der Waals surface area contributed by atoms with E-state index in [2.05, 4.69) is 15.5 Å². The van der Waals surface area contributed by atoms with Crippen LogP contribution in [0.4, 0.5) is 4.79 Å². The van der Waals surface area contributed by atoms with E-state index >= 15 is 0 Å². The van der Waals surface area contributed by atoms with Gasteiger partial charge in [-0.3, -0.25) is 0 Å². The summed E-state index contributed by atoms with van der Waals surface area (Å²) in [5.41, 5.74) is -0.507. The first-order chi connectivity index (χ1) is 8.78. The van der Waals surface area contributed by atoms with Gasteiger partial charge in [-0.25, -0.2) is 4.79 Å². The largest absolute Gasteiger partial charge is 0.444 e. The third-order valence-corrected chi connectivity index (χ3v) is 3.03. The molecule has 0 fully saturated rings. The zero-order chi connectivity index (χ0) is 14.6. The van der Waals surface area contributed by atoms with Gasteiger partial charge in [0.05, 0.1) is 6.04 Å². The number of thioether (sulfide) groups is 1. The molecule has 1 aromatic heterocycles. The van der Waals surface area contributed by atoms with E-state index in [4.69, 9.17) is 4.74 Å². The van der Waals surface area contributed by atoms with Gasteiger partial charge in [0.25, 0.3) is 0 Å². The van der Waals surface area contributed by atoms with E-state index in [9.17, 15) is 4.79 Å². The maximum Gasteiger partial charge on any atom is 0.408 e. The Morgan fingerprint density at radius 1 is 1.47 bits per heavy atom. The summed E-state index contributed by atoms with van der Waals surface area (Å²) < 4.78 is 7.20. The smallest absolute Gasteiger partial charge is 0.408 e. The number of carbonyl (C=O) groups excluding carboxylic acids is 1. The van der Waals surface area contributed by atoms with Crippen LogP contribution in [-0.2, 0) is 11.3 Å². The molecule has 1 unspecified atom stereocenters. The predicted octanol–water partition coefficient (Wildman–Crippen LogP) is 2.61. The average Bonchev–Trinajstić information content (AvgIpc) is 2.68. The molecule has 0 aliphatic carbocycles. The van der Waals surface area contributed by atoms with Crippen molar-refractivity contribution in [3.63, 3.8) is 0 Å². The number of nitrogens with one attached hydrogen (secondary N) is 1. The van der Waals surface area contributed by atoms with Gasteiger partial charge in [0.15, 0.2) is 11.0 Å². The topological polar surface area (TPSA) is 69.0 Å². The van der Waals surface area contributed by atoms with E-state index in [1.165, 1.54) is 11.8 Å². The fraction of sp³-hybridized carbons (Fsp3) is 0.750. The highest BCUT2D eigenvalue weighted by molar-refractivity contribution is 7.98. The Morgan fingerprint density at radius 2 is 2.11 bits per heavy atom. The predicted molar refractivity (Wildman–Crippen MR) is 75.3 cm³/mol. The van der Waals surface area contributed by atoms with Crippen molar-refractivity contribution in [1.29, 1.82) is 0 Å². The number of carbonyl (C=O) groups is 1. The highest BCUT2D eigenvalue weighted by atomic mass is 32.2. The van der Waals surface area contributed by atoms with E-state index in [0.29, 0.717) is 0 Å². The van der Waals surface area contributed by atoms with Crippen LogP contribution in [0.15, 0.2) is 5.16 Å². The molecule has 1 N–H and O–H groups in total. The van der Waals surface area contributed by atoms with E-state index in [0.717, 1.165) is 17.5 Å². The quantitative estimate of drug-likeness (QED) is 0.862. The fourth-order valence-corrected chi connectivity index (χ4v) is 2.18. The van der Waals surface area contributed by atoms with Crippen LogP contribution in [0.2, 0.25) is 0 Å². The zero-order valence-electron chi connectivity index (χ0n) is 12.4. The van der Waals surface area contributed by atoms with Gasteiger partial charge in [0.1, 0.15) is 5.60 Å². The summed E-state index contributed by atoms with van der Waals surface area (Å²) >= 11 is 1.53. The summed E-state index contributed by atoms with van der Waals surface area (Å²) in [6.07, 6.45) is 1.50.